The molecule has 1 aromatic heterocycles. The van der Waals surface area contributed by atoms with Crippen LogP contribution in [0.5, 0.6) is 23.0 Å². The monoisotopic (exact) mass is 448 g/mol. The van der Waals surface area contributed by atoms with Gasteiger partial charge in [0.25, 0.3) is 0 Å². The van der Waals surface area contributed by atoms with Gasteiger partial charge >= 0.3 is 0 Å². The number of hydrogen-bond donors (Lipinski definition) is 3. The molecule has 0 spiro atoms. The van der Waals surface area contributed by atoms with E-state index >= 15 is 0 Å². The average Bonchev–Trinajstić information content (AvgIpc) is 3.30. The summed E-state index contributed by atoms with van der Waals surface area (Å²) in [4.78, 5) is 24.4. The van der Waals surface area contributed by atoms with E-state index in [2.05, 4.69) is 10.2 Å². The molecule has 7 nitrogen and oxygen atoms in total. The van der Waals surface area contributed by atoms with Crippen molar-refractivity contribution in [3.05, 3.63) is 101 Å². The summed E-state index contributed by atoms with van der Waals surface area (Å²) in [5, 5.41) is 27.9. The molecule has 3 N–H and O–H groups in total. The topological polar surface area (TPSA) is 113 Å². The number of benzene rings is 4. The first-order chi connectivity index (χ1) is 16.5. The Kier molecular flexibility index (Phi) is 4.25. The molecule has 0 fully saturated rings. The van der Waals surface area contributed by atoms with E-state index in [-0.39, 0.29) is 33.8 Å². The van der Waals surface area contributed by atoms with Gasteiger partial charge in [-0.05, 0) is 36.4 Å². The standard InChI is InChI=1S/C14H8O4.C13H8N2O/c15-9-5-6-10(16)12-11(9)13(17)7-3-1-2-4-8(7)14(12)18;1-2-6-10-8(4-1)13-12-9(14-15-13)5-3-7-11(12)16-10/h1-6,15-16H;1-7H,(H,14,15). The van der Waals surface area contributed by atoms with Crippen molar-refractivity contribution in [1.29, 1.82) is 0 Å². The molecule has 7 heteroatoms. The third-order valence-electron chi connectivity index (χ3n) is 5.95. The molecule has 0 saturated carbocycles. The van der Waals surface area contributed by atoms with Crippen LogP contribution < -0.4 is 4.74 Å². The van der Waals surface area contributed by atoms with E-state index in [0.717, 1.165) is 33.7 Å². The van der Waals surface area contributed by atoms with Gasteiger partial charge in [0.1, 0.15) is 28.7 Å². The molecule has 2 heterocycles. The van der Waals surface area contributed by atoms with Gasteiger partial charge in [0.05, 0.1) is 22.0 Å². The Morgan fingerprint density at radius 2 is 1.21 bits per heavy atom. The number of nitrogens with zero attached hydrogens (tertiary/aromatic N) is 1. The zero-order valence-electron chi connectivity index (χ0n) is 17.6. The van der Waals surface area contributed by atoms with Crippen LogP contribution in [0.4, 0.5) is 0 Å². The van der Waals surface area contributed by atoms with E-state index in [9.17, 15) is 19.8 Å². The average molecular weight is 448 g/mol. The molecule has 0 saturated heterocycles. The van der Waals surface area contributed by atoms with Crippen molar-refractivity contribution in [1.82, 2.24) is 10.2 Å². The summed E-state index contributed by atoms with van der Waals surface area (Å²) in [5.41, 5.74) is 3.28. The van der Waals surface area contributed by atoms with Crippen molar-refractivity contribution in [3.63, 3.8) is 0 Å². The number of aromatic hydroxyl groups is 2. The van der Waals surface area contributed by atoms with Gasteiger partial charge in [-0.15, -0.1) is 0 Å². The Morgan fingerprint density at radius 3 is 1.85 bits per heavy atom. The number of nitrogens with one attached hydrogen (secondary N) is 1. The van der Waals surface area contributed by atoms with E-state index in [1.165, 1.54) is 24.3 Å². The fourth-order valence-electron chi connectivity index (χ4n) is 4.38. The highest BCUT2D eigenvalue weighted by Gasteiger charge is 2.33. The Bertz CT molecular complexity index is 1590. The molecule has 4 aromatic carbocycles. The minimum atomic E-state index is -0.450. The summed E-state index contributed by atoms with van der Waals surface area (Å²) in [6, 6.07) is 22.7. The van der Waals surface area contributed by atoms with Crippen LogP contribution >= 0.6 is 0 Å². The second-order valence-corrected chi connectivity index (χ2v) is 7.91. The number of H-pyrrole nitrogens is 1. The summed E-state index contributed by atoms with van der Waals surface area (Å²) in [7, 11) is 0. The number of aromatic amines is 1. The summed E-state index contributed by atoms with van der Waals surface area (Å²) < 4.78 is 5.85. The van der Waals surface area contributed by atoms with Crippen molar-refractivity contribution in [2.45, 2.75) is 0 Å². The van der Waals surface area contributed by atoms with Gasteiger partial charge in [-0.3, -0.25) is 14.7 Å². The molecule has 0 atom stereocenters. The zero-order chi connectivity index (χ0) is 23.4. The summed E-state index contributed by atoms with van der Waals surface area (Å²) in [6.45, 7) is 0. The number of phenols is 2. The molecule has 7 rings (SSSR count). The molecular formula is C27H16N2O5. The summed E-state index contributed by atoms with van der Waals surface area (Å²) >= 11 is 0. The third kappa shape index (κ3) is 2.80. The first-order valence-electron chi connectivity index (χ1n) is 10.5. The van der Waals surface area contributed by atoms with Gasteiger partial charge in [-0.25, -0.2) is 0 Å². The van der Waals surface area contributed by atoms with E-state index in [1.54, 1.807) is 12.1 Å². The van der Waals surface area contributed by atoms with Crippen LogP contribution in [0.25, 0.3) is 22.2 Å². The van der Waals surface area contributed by atoms with Gasteiger partial charge in [0.15, 0.2) is 11.6 Å². The van der Waals surface area contributed by atoms with Gasteiger partial charge in [-0.1, -0.05) is 42.5 Å². The fourth-order valence-corrected chi connectivity index (χ4v) is 4.38. The van der Waals surface area contributed by atoms with E-state index in [0.29, 0.717) is 0 Å². The molecule has 0 bridgehead atoms. The Morgan fingerprint density at radius 1 is 0.647 bits per heavy atom. The number of para-hydroxylation sites is 1. The van der Waals surface area contributed by atoms with Gasteiger partial charge in [0, 0.05) is 16.7 Å². The number of ether oxygens (including phenoxy) is 1. The van der Waals surface area contributed by atoms with E-state index in [4.69, 9.17) is 4.74 Å². The quantitative estimate of drug-likeness (QED) is 0.275. The van der Waals surface area contributed by atoms with Crippen LogP contribution in [0.1, 0.15) is 31.8 Å². The van der Waals surface area contributed by atoms with Crippen LogP contribution in [-0.2, 0) is 0 Å². The summed E-state index contributed by atoms with van der Waals surface area (Å²) in [6.07, 6.45) is 0. The molecular weight excluding hydrogens is 432 g/mol. The number of hydrogen-bond acceptors (Lipinski definition) is 6. The van der Waals surface area contributed by atoms with Crippen LogP contribution in [0.2, 0.25) is 0 Å². The predicted molar refractivity (Wildman–Crippen MR) is 125 cm³/mol. The first kappa shape index (κ1) is 19.8. The van der Waals surface area contributed by atoms with Gasteiger partial charge in [0.2, 0.25) is 0 Å². The lowest BCUT2D eigenvalue weighted by Crippen LogP contribution is -2.20. The number of phenolic OH excluding ortho intramolecular Hbond substituents is 2. The number of fused-ring (bicyclic) bond motifs is 4. The Labute approximate surface area is 192 Å². The lowest BCUT2D eigenvalue weighted by Gasteiger charge is -2.18. The number of aromatic nitrogens is 2. The molecule has 1 aliphatic carbocycles. The molecule has 0 unspecified atom stereocenters. The molecule has 34 heavy (non-hydrogen) atoms. The van der Waals surface area contributed by atoms with Crippen LogP contribution in [0.15, 0.2) is 78.9 Å². The highest BCUT2D eigenvalue weighted by molar-refractivity contribution is 6.30. The number of rotatable bonds is 0. The largest absolute Gasteiger partial charge is 0.507 e. The normalized spacial score (nSPS) is 12.7. The second kappa shape index (κ2) is 7.31. The first-order valence-corrected chi connectivity index (χ1v) is 10.5. The maximum atomic E-state index is 12.2. The predicted octanol–water partition coefficient (Wildman–Crippen LogP) is 5.21. The molecule has 5 aromatic rings. The molecule has 1 aliphatic heterocycles. The summed E-state index contributed by atoms with van der Waals surface area (Å²) in [5.74, 6) is 0.253. The van der Waals surface area contributed by atoms with Crippen molar-refractivity contribution in [2.75, 3.05) is 0 Å². The molecule has 164 valence electrons. The lowest BCUT2D eigenvalue weighted by molar-refractivity contribution is 0.0974. The molecule has 0 radical (unpaired) electrons. The zero-order valence-corrected chi connectivity index (χ0v) is 17.6. The Hall–Kier alpha value is -4.91. The number of carbonyl (C=O) groups excluding carboxylic acids is 2. The Balaban J connectivity index is 0.000000128. The third-order valence-corrected chi connectivity index (χ3v) is 5.95. The van der Waals surface area contributed by atoms with E-state index < -0.39 is 11.6 Å². The second-order valence-electron chi connectivity index (χ2n) is 7.91. The maximum absolute atomic E-state index is 12.2. The van der Waals surface area contributed by atoms with Crippen molar-refractivity contribution < 1.29 is 24.5 Å². The van der Waals surface area contributed by atoms with Crippen molar-refractivity contribution in [3.8, 4) is 34.3 Å². The van der Waals surface area contributed by atoms with Crippen LogP contribution in [0, 0.1) is 0 Å². The SMILES string of the molecule is O=C1c2ccccc2C(=O)c2c(O)ccc(O)c21.c1ccc2c(c1)Oc1cccc3[nH]nc-2c13. The van der Waals surface area contributed by atoms with Crippen LogP contribution in [-0.4, -0.2) is 32.0 Å². The van der Waals surface area contributed by atoms with Crippen molar-refractivity contribution in [2.24, 2.45) is 0 Å². The maximum Gasteiger partial charge on any atom is 0.198 e. The fraction of sp³-hybridized carbons (Fsp3) is 0. The minimum absolute atomic E-state index is 0.126. The number of ketones is 2. The minimum Gasteiger partial charge on any atom is -0.507 e. The van der Waals surface area contributed by atoms with Gasteiger partial charge < -0.3 is 14.9 Å². The molecule has 2 aliphatic rings. The highest BCUT2D eigenvalue weighted by atomic mass is 16.5. The molecule has 0 amide bonds. The van der Waals surface area contributed by atoms with E-state index in [1.807, 2.05) is 42.5 Å². The van der Waals surface area contributed by atoms with Gasteiger partial charge in [-0.2, -0.15) is 5.10 Å². The lowest BCUT2D eigenvalue weighted by atomic mass is 9.83. The highest BCUT2D eigenvalue weighted by Crippen LogP contribution is 2.44. The number of carbonyl (C=O) groups is 2. The van der Waals surface area contributed by atoms with Crippen LogP contribution in [0.3, 0.4) is 0 Å². The smallest absolute Gasteiger partial charge is 0.198 e. The van der Waals surface area contributed by atoms with Crippen molar-refractivity contribution >= 4 is 22.5 Å².